The van der Waals surface area contributed by atoms with Crippen LogP contribution in [0.1, 0.15) is 31.1 Å². The summed E-state index contributed by atoms with van der Waals surface area (Å²) in [7, 11) is 0. The van der Waals surface area contributed by atoms with Crippen molar-refractivity contribution >= 4 is 27.5 Å². The zero-order valence-electron chi connectivity index (χ0n) is 11.4. The van der Waals surface area contributed by atoms with E-state index in [0.29, 0.717) is 5.75 Å². The molecule has 0 aliphatic rings. The molecule has 2 nitrogen and oxygen atoms in total. The highest BCUT2D eigenvalue weighted by atomic mass is 79.9. The number of halogens is 2. The highest BCUT2D eigenvalue weighted by molar-refractivity contribution is 9.10. The Bertz CT molecular complexity index is 611. The molecule has 2 rings (SSSR count). The SMILES string of the molecule is CCc1cc(Oc2ccc([C@@H](C)O)cc2Br)ccc1Cl. The lowest BCUT2D eigenvalue weighted by molar-refractivity contribution is 0.199. The molecule has 1 N–H and O–H groups in total. The van der Waals surface area contributed by atoms with Gasteiger partial charge in [-0.15, -0.1) is 0 Å². The first-order chi connectivity index (χ1) is 9.51. The number of hydrogen-bond acceptors (Lipinski definition) is 2. The summed E-state index contributed by atoms with van der Waals surface area (Å²) in [5, 5.41) is 10.3. The molecule has 0 spiro atoms. The number of aliphatic hydroxyl groups is 1. The third-order valence-electron chi connectivity index (χ3n) is 3.06. The van der Waals surface area contributed by atoms with Crippen LogP contribution in [0.2, 0.25) is 5.02 Å². The van der Waals surface area contributed by atoms with E-state index in [0.717, 1.165) is 32.8 Å². The summed E-state index contributed by atoms with van der Waals surface area (Å²) in [6, 6.07) is 11.2. The largest absolute Gasteiger partial charge is 0.456 e. The van der Waals surface area contributed by atoms with Gasteiger partial charge in [0.2, 0.25) is 0 Å². The molecule has 106 valence electrons. The van der Waals surface area contributed by atoms with E-state index >= 15 is 0 Å². The molecule has 0 aliphatic heterocycles. The number of aliphatic hydroxyl groups excluding tert-OH is 1. The Labute approximate surface area is 132 Å². The maximum atomic E-state index is 9.55. The molecule has 0 radical (unpaired) electrons. The molecule has 0 saturated carbocycles. The third kappa shape index (κ3) is 3.54. The van der Waals surface area contributed by atoms with Gasteiger partial charge in [0.1, 0.15) is 11.5 Å². The van der Waals surface area contributed by atoms with Crippen molar-refractivity contribution in [1.29, 1.82) is 0 Å². The quantitative estimate of drug-likeness (QED) is 0.783. The molecule has 0 aromatic heterocycles. The van der Waals surface area contributed by atoms with Gasteiger partial charge in [0.15, 0.2) is 0 Å². The van der Waals surface area contributed by atoms with Gasteiger partial charge in [-0.05, 0) is 70.7 Å². The van der Waals surface area contributed by atoms with Crippen molar-refractivity contribution in [2.75, 3.05) is 0 Å². The van der Waals surface area contributed by atoms with Gasteiger partial charge in [-0.25, -0.2) is 0 Å². The van der Waals surface area contributed by atoms with E-state index in [4.69, 9.17) is 16.3 Å². The Morgan fingerprint density at radius 2 is 2.00 bits per heavy atom. The van der Waals surface area contributed by atoms with Gasteiger partial charge < -0.3 is 9.84 Å². The van der Waals surface area contributed by atoms with Gasteiger partial charge in [0.25, 0.3) is 0 Å². The van der Waals surface area contributed by atoms with Crippen LogP contribution in [0, 0.1) is 0 Å². The molecule has 2 aromatic carbocycles. The van der Waals surface area contributed by atoms with Crippen molar-refractivity contribution in [3.8, 4) is 11.5 Å². The minimum atomic E-state index is -0.498. The van der Waals surface area contributed by atoms with Crippen LogP contribution >= 0.6 is 27.5 Å². The lowest BCUT2D eigenvalue weighted by atomic mass is 10.1. The predicted octanol–water partition coefficient (Wildman–Crippen LogP) is 5.51. The molecule has 0 saturated heterocycles. The minimum Gasteiger partial charge on any atom is -0.456 e. The molecular formula is C16H16BrClO2. The van der Waals surface area contributed by atoms with Gasteiger partial charge in [-0.3, -0.25) is 0 Å². The Hall–Kier alpha value is -1.03. The average molecular weight is 356 g/mol. The smallest absolute Gasteiger partial charge is 0.141 e. The number of benzene rings is 2. The average Bonchev–Trinajstić information content (AvgIpc) is 2.42. The zero-order chi connectivity index (χ0) is 14.7. The normalized spacial score (nSPS) is 12.2. The van der Waals surface area contributed by atoms with E-state index in [2.05, 4.69) is 22.9 Å². The lowest BCUT2D eigenvalue weighted by Crippen LogP contribution is -1.93. The predicted molar refractivity (Wildman–Crippen MR) is 85.7 cm³/mol. The second kappa shape index (κ2) is 6.61. The highest BCUT2D eigenvalue weighted by Crippen LogP contribution is 2.33. The van der Waals surface area contributed by atoms with Crippen molar-refractivity contribution in [2.24, 2.45) is 0 Å². The first kappa shape index (κ1) is 15.4. The summed E-state index contributed by atoms with van der Waals surface area (Å²) >= 11 is 9.55. The van der Waals surface area contributed by atoms with E-state index in [1.807, 2.05) is 36.4 Å². The maximum Gasteiger partial charge on any atom is 0.141 e. The minimum absolute atomic E-state index is 0.498. The third-order valence-corrected chi connectivity index (χ3v) is 4.05. The van der Waals surface area contributed by atoms with Crippen LogP contribution in [0.5, 0.6) is 11.5 Å². The number of rotatable bonds is 4. The molecule has 20 heavy (non-hydrogen) atoms. The van der Waals surface area contributed by atoms with Crippen LogP contribution in [0.3, 0.4) is 0 Å². The summed E-state index contributed by atoms with van der Waals surface area (Å²) in [5.74, 6) is 1.45. The van der Waals surface area contributed by atoms with Crippen molar-refractivity contribution in [1.82, 2.24) is 0 Å². The van der Waals surface area contributed by atoms with Crippen LogP contribution < -0.4 is 4.74 Å². The van der Waals surface area contributed by atoms with Gasteiger partial charge in [0.05, 0.1) is 10.6 Å². The van der Waals surface area contributed by atoms with E-state index in [1.165, 1.54) is 0 Å². The molecule has 0 aliphatic carbocycles. The second-order valence-electron chi connectivity index (χ2n) is 4.57. The van der Waals surface area contributed by atoms with Crippen LogP contribution in [-0.4, -0.2) is 5.11 Å². The molecule has 2 aromatic rings. The topological polar surface area (TPSA) is 29.5 Å². The van der Waals surface area contributed by atoms with Gasteiger partial charge in [-0.2, -0.15) is 0 Å². The van der Waals surface area contributed by atoms with Gasteiger partial charge in [0, 0.05) is 5.02 Å². The number of ether oxygens (including phenoxy) is 1. The summed E-state index contributed by atoms with van der Waals surface area (Å²) in [6.07, 6.45) is 0.362. The van der Waals surface area contributed by atoms with Crippen LogP contribution in [0.25, 0.3) is 0 Å². The fraction of sp³-hybridized carbons (Fsp3) is 0.250. The number of hydrogen-bond donors (Lipinski definition) is 1. The Morgan fingerprint density at radius 3 is 2.60 bits per heavy atom. The van der Waals surface area contributed by atoms with Crippen molar-refractivity contribution in [3.05, 3.63) is 57.0 Å². The zero-order valence-corrected chi connectivity index (χ0v) is 13.7. The molecule has 0 bridgehead atoms. The molecule has 1 atom stereocenters. The summed E-state index contributed by atoms with van der Waals surface area (Å²) in [5.41, 5.74) is 1.90. The number of aryl methyl sites for hydroxylation is 1. The monoisotopic (exact) mass is 354 g/mol. The Morgan fingerprint density at radius 1 is 1.25 bits per heavy atom. The first-order valence-corrected chi connectivity index (χ1v) is 7.62. The molecule has 4 heteroatoms. The van der Waals surface area contributed by atoms with Crippen LogP contribution in [-0.2, 0) is 6.42 Å². The molecule has 0 heterocycles. The Balaban J connectivity index is 2.26. The maximum absolute atomic E-state index is 9.55. The van der Waals surface area contributed by atoms with E-state index in [1.54, 1.807) is 6.92 Å². The van der Waals surface area contributed by atoms with Gasteiger partial charge in [-0.1, -0.05) is 24.6 Å². The van der Waals surface area contributed by atoms with Crippen molar-refractivity contribution < 1.29 is 9.84 Å². The fourth-order valence-electron chi connectivity index (χ4n) is 1.87. The van der Waals surface area contributed by atoms with E-state index < -0.39 is 6.10 Å². The van der Waals surface area contributed by atoms with Crippen LogP contribution in [0.4, 0.5) is 0 Å². The van der Waals surface area contributed by atoms with Crippen molar-refractivity contribution in [2.45, 2.75) is 26.4 Å². The second-order valence-corrected chi connectivity index (χ2v) is 5.84. The summed E-state index contributed by atoms with van der Waals surface area (Å²) in [4.78, 5) is 0. The molecule has 0 unspecified atom stereocenters. The lowest BCUT2D eigenvalue weighted by Gasteiger charge is -2.12. The standard InChI is InChI=1S/C16H16BrClO2/c1-3-11-8-13(5-6-15(11)18)20-16-7-4-12(10(2)19)9-14(16)17/h4-10,19H,3H2,1-2H3/t10-/m1/s1. The first-order valence-electron chi connectivity index (χ1n) is 6.45. The summed E-state index contributed by atoms with van der Waals surface area (Å²) < 4.78 is 6.66. The Kier molecular flexibility index (Phi) is 5.08. The summed E-state index contributed by atoms with van der Waals surface area (Å²) in [6.45, 7) is 3.79. The van der Waals surface area contributed by atoms with Crippen molar-refractivity contribution in [3.63, 3.8) is 0 Å². The van der Waals surface area contributed by atoms with Crippen LogP contribution in [0.15, 0.2) is 40.9 Å². The molecular weight excluding hydrogens is 340 g/mol. The van der Waals surface area contributed by atoms with Gasteiger partial charge >= 0.3 is 0 Å². The van der Waals surface area contributed by atoms with E-state index in [-0.39, 0.29) is 0 Å². The highest BCUT2D eigenvalue weighted by Gasteiger charge is 2.08. The fourth-order valence-corrected chi connectivity index (χ4v) is 2.60. The van der Waals surface area contributed by atoms with E-state index in [9.17, 15) is 5.11 Å². The molecule has 0 amide bonds. The molecule has 0 fully saturated rings.